The zero-order valence-corrected chi connectivity index (χ0v) is 11.9. The van der Waals surface area contributed by atoms with Crippen molar-refractivity contribution in [3.63, 3.8) is 0 Å². The summed E-state index contributed by atoms with van der Waals surface area (Å²) in [5.74, 6) is -0.0765. The van der Waals surface area contributed by atoms with Gasteiger partial charge in [-0.2, -0.15) is 0 Å². The molecular formula is C13H14BrClO. The number of ketones is 1. The molecule has 86 valence electrons. The SMILES string of the molecule is CC(C)(C)/C(Cl)=C/C(=O)c1ccccc1Br. The van der Waals surface area contributed by atoms with Gasteiger partial charge in [-0.3, -0.25) is 4.79 Å². The van der Waals surface area contributed by atoms with E-state index in [0.29, 0.717) is 10.6 Å². The highest BCUT2D eigenvalue weighted by atomic mass is 79.9. The van der Waals surface area contributed by atoms with Crippen LogP contribution >= 0.6 is 27.5 Å². The average Bonchev–Trinajstić information content (AvgIpc) is 2.16. The minimum Gasteiger partial charge on any atom is -0.289 e. The van der Waals surface area contributed by atoms with E-state index in [1.807, 2.05) is 39.0 Å². The second kappa shape index (κ2) is 5.15. The van der Waals surface area contributed by atoms with E-state index in [2.05, 4.69) is 15.9 Å². The summed E-state index contributed by atoms with van der Waals surface area (Å²) in [4.78, 5) is 11.9. The second-order valence-corrected chi connectivity index (χ2v) is 5.85. The van der Waals surface area contributed by atoms with Gasteiger partial charge in [-0.25, -0.2) is 0 Å². The van der Waals surface area contributed by atoms with E-state index >= 15 is 0 Å². The first-order chi connectivity index (χ1) is 7.32. The normalized spacial score (nSPS) is 12.7. The van der Waals surface area contributed by atoms with Gasteiger partial charge < -0.3 is 0 Å². The zero-order chi connectivity index (χ0) is 12.3. The van der Waals surface area contributed by atoms with Crippen LogP contribution in [0.4, 0.5) is 0 Å². The van der Waals surface area contributed by atoms with Gasteiger partial charge in [0.15, 0.2) is 5.78 Å². The molecule has 0 saturated heterocycles. The summed E-state index contributed by atoms with van der Waals surface area (Å²) in [6, 6.07) is 7.31. The maximum atomic E-state index is 11.9. The van der Waals surface area contributed by atoms with Crippen LogP contribution in [0.1, 0.15) is 31.1 Å². The summed E-state index contributed by atoms with van der Waals surface area (Å²) in [7, 11) is 0. The second-order valence-electron chi connectivity index (χ2n) is 4.59. The number of benzene rings is 1. The molecule has 0 bridgehead atoms. The highest BCUT2D eigenvalue weighted by Crippen LogP contribution is 2.29. The minimum atomic E-state index is -0.196. The van der Waals surface area contributed by atoms with Gasteiger partial charge in [0.05, 0.1) is 0 Å². The smallest absolute Gasteiger partial charge is 0.188 e. The first-order valence-electron chi connectivity index (χ1n) is 4.99. The van der Waals surface area contributed by atoms with Gasteiger partial charge in [0.2, 0.25) is 0 Å². The van der Waals surface area contributed by atoms with E-state index in [9.17, 15) is 4.79 Å². The number of carbonyl (C=O) groups excluding carboxylic acids is 1. The van der Waals surface area contributed by atoms with Crippen LogP contribution in [0.25, 0.3) is 0 Å². The minimum absolute atomic E-state index is 0.0765. The van der Waals surface area contributed by atoms with Crippen LogP contribution in [0.15, 0.2) is 39.8 Å². The maximum absolute atomic E-state index is 11.9. The molecule has 0 aromatic heterocycles. The van der Waals surface area contributed by atoms with Crippen molar-refractivity contribution in [2.75, 3.05) is 0 Å². The largest absolute Gasteiger partial charge is 0.289 e. The fourth-order valence-corrected chi connectivity index (χ4v) is 1.65. The predicted molar refractivity (Wildman–Crippen MR) is 71.9 cm³/mol. The fourth-order valence-electron chi connectivity index (χ4n) is 1.07. The average molecular weight is 302 g/mol. The Balaban J connectivity index is 3.02. The van der Waals surface area contributed by atoms with Crippen LogP contribution in [-0.4, -0.2) is 5.78 Å². The Morgan fingerprint density at radius 2 is 1.88 bits per heavy atom. The molecule has 0 heterocycles. The molecule has 0 N–H and O–H groups in total. The first-order valence-corrected chi connectivity index (χ1v) is 6.16. The summed E-state index contributed by atoms with van der Waals surface area (Å²) < 4.78 is 0.787. The summed E-state index contributed by atoms with van der Waals surface area (Å²) in [6.07, 6.45) is 1.49. The highest BCUT2D eigenvalue weighted by Gasteiger charge is 2.17. The Hall–Kier alpha value is -0.600. The van der Waals surface area contributed by atoms with Crippen molar-refractivity contribution >= 4 is 33.3 Å². The third-order valence-electron chi connectivity index (χ3n) is 2.11. The van der Waals surface area contributed by atoms with Crippen LogP contribution in [-0.2, 0) is 0 Å². The molecule has 0 unspecified atom stereocenters. The van der Waals surface area contributed by atoms with Gasteiger partial charge in [-0.15, -0.1) is 0 Å². The first kappa shape index (κ1) is 13.5. The molecule has 0 atom stereocenters. The molecule has 0 radical (unpaired) electrons. The van der Waals surface area contributed by atoms with Crippen molar-refractivity contribution in [1.82, 2.24) is 0 Å². The van der Waals surface area contributed by atoms with Crippen molar-refractivity contribution in [2.24, 2.45) is 5.41 Å². The topological polar surface area (TPSA) is 17.1 Å². The van der Waals surface area contributed by atoms with Crippen LogP contribution in [0.5, 0.6) is 0 Å². The molecule has 1 aromatic carbocycles. The Labute approximate surface area is 110 Å². The number of rotatable bonds is 2. The number of hydrogen-bond acceptors (Lipinski definition) is 1. The summed E-state index contributed by atoms with van der Waals surface area (Å²) >= 11 is 9.42. The number of halogens is 2. The van der Waals surface area contributed by atoms with E-state index in [-0.39, 0.29) is 11.2 Å². The van der Waals surface area contributed by atoms with Gasteiger partial charge in [0, 0.05) is 21.1 Å². The summed E-state index contributed by atoms with van der Waals surface area (Å²) in [5.41, 5.74) is 0.434. The molecule has 0 saturated carbocycles. The standard InChI is InChI=1S/C13H14BrClO/c1-13(2,3)12(15)8-11(16)9-6-4-5-7-10(9)14/h4-8H,1-3H3/b12-8-. The molecule has 0 aliphatic rings. The molecule has 0 spiro atoms. The third kappa shape index (κ3) is 3.46. The van der Waals surface area contributed by atoms with Gasteiger partial charge in [0.1, 0.15) is 0 Å². The van der Waals surface area contributed by atoms with E-state index in [1.54, 1.807) is 6.07 Å². The predicted octanol–water partition coefficient (Wildman–Crippen LogP) is 4.80. The highest BCUT2D eigenvalue weighted by molar-refractivity contribution is 9.10. The van der Waals surface area contributed by atoms with Crippen molar-refractivity contribution < 1.29 is 4.79 Å². The molecule has 0 aliphatic carbocycles. The van der Waals surface area contributed by atoms with Gasteiger partial charge >= 0.3 is 0 Å². The molecule has 0 fully saturated rings. The Morgan fingerprint density at radius 1 is 1.31 bits per heavy atom. The van der Waals surface area contributed by atoms with E-state index in [1.165, 1.54) is 6.08 Å². The molecule has 1 aromatic rings. The Kier molecular flexibility index (Phi) is 4.34. The van der Waals surface area contributed by atoms with Gasteiger partial charge in [-0.05, 0) is 17.5 Å². The van der Waals surface area contributed by atoms with Crippen molar-refractivity contribution in [2.45, 2.75) is 20.8 Å². The lowest BCUT2D eigenvalue weighted by Crippen LogP contribution is -2.07. The fraction of sp³-hybridized carbons (Fsp3) is 0.308. The van der Waals surface area contributed by atoms with Crippen molar-refractivity contribution in [3.05, 3.63) is 45.4 Å². The molecule has 1 nitrogen and oxygen atoms in total. The van der Waals surface area contributed by atoms with Crippen LogP contribution in [0, 0.1) is 5.41 Å². The van der Waals surface area contributed by atoms with Crippen LogP contribution in [0.2, 0.25) is 0 Å². The summed E-state index contributed by atoms with van der Waals surface area (Å²) in [5, 5.41) is 0.563. The molecule has 0 amide bonds. The molecular weight excluding hydrogens is 287 g/mol. The van der Waals surface area contributed by atoms with E-state index in [4.69, 9.17) is 11.6 Å². The lowest BCUT2D eigenvalue weighted by molar-refractivity contribution is 0.104. The number of hydrogen-bond donors (Lipinski definition) is 0. The lowest BCUT2D eigenvalue weighted by Gasteiger charge is -2.16. The van der Waals surface area contributed by atoms with Crippen LogP contribution < -0.4 is 0 Å². The van der Waals surface area contributed by atoms with Crippen LogP contribution in [0.3, 0.4) is 0 Å². The molecule has 1 rings (SSSR count). The monoisotopic (exact) mass is 300 g/mol. The Bertz CT molecular complexity index is 430. The molecule has 0 aliphatic heterocycles. The lowest BCUT2D eigenvalue weighted by atomic mass is 9.94. The molecule has 3 heteroatoms. The quantitative estimate of drug-likeness (QED) is 0.566. The van der Waals surface area contributed by atoms with Gasteiger partial charge in [0.25, 0.3) is 0 Å². The number of allylic oxidation sites excluding steroid dienone is 2. The van der Waals surface area contributed by atoms with Gasteiger partial charge in [-0.1, -0.05) is 60.4 Å². The maximum Gasteiger partial charge on any atom is 0.188 e. The van der Waals surface area contributed by atoms with Crippen molar-refractivity contribution in [1.29, 1.82) is 0 Å². The zero-order valence-electron chi connectivity index (χ0n) is 9.55. The number of carbonyl (C=O) groups is 1. The van der Waals surface area contributed by atoms with E-state index < -0.39 is 0 Å². The molecule has 16 heavy (non-hydrogen) atoms. The Morgan fingerprint density at radius 3 is 2.38 bits per heavy atom. The third-order valence-corrected chi connectivity index (χ3v) is 3.48. The summed E-state index contributed by atoms with van der Waals surface area (Å²) in [6.45, 7) is 5.91. The van der Waals surface area contributed by atoms with E-state index in [0.717, 1.165) is 4.47 Å². The van der Waals surface area contributed by atoms with Crippen molar-refractivity contribution in [3.8, 4) is 0 Å².